The van der Waals surface area contributed by atoms with E-state index in [2.05, 4.69) is 48.3 Å². The molecule has 2 aliphatic rings. The molecule has 14 heavy (non-hydrogen) atoms. The Morgan fingerprint density at radius 3 is 2.93 bits per heavy atom. The number of allylic oxidation sites excluding steroid dienone is 2. The van der Waals surface area contributed by atoms with Gasteiger partial charge in [-0.3, -0.25) is 4.99 Å². The van der Waals surface area contributed by atoms with Gasteiger partial charge in [-0.15, -0.1) is 0 Å². The lowest BCUT2D eigenvalue weighted by atomic mass is 9.98. The van der Waals surface area contributed by atoms with Gasteiger partial charge in [0.15, 0.2) is 0 Å². The summed E-state index contributed by atoms with van der Waals surface area (Å²) in [6, 6.07) is 8.60. The Balaban J connectivity index is 2.36. The molecule has 1 atom stereocenters. The van der Waals surface area contributed by atoms with Gasteiger partial charge in [0, 0.05) is 5.22 Å². The third-order valence-corrected chi connectivity index (χ3v) is 2.76. The second-order valence-corrected chi connectivity index (χ2v) is 3.79. The molecule has 68 valence electrons. The Kier molecular flexibility index (Phi) is 1.48. The van der Waals surface area contributed by atoms with Gasteiger partial charge in [-0.2, -0.15) is 0 Å². The van der Waals surface area contributed by atoms with Gasteiger partial charge < -0.3 is 0 Å². The van der Waals surface area contributed by atoms with E-state index in [1.54, 1.807) is 0 Å². The van der Waals surface area contributed by atoms with Crippen molar-refractivity contribution in [2.24, 2.45) is 4.99 Å². The number of para-hydroxylation sites is 1. The highest BCUT2D eigenvalue weighted by molar-refractivity contribution is 5.69. The first-order chi connectivity index (χ1) is 6.84. The summed E-state index contributed by atoms with van der Waals surface area (Å²) in [5, 5.41) is 2.42. The van der Waals surface area contributed by atoms with Crippen LogP contribution in [-0.4, -0.2) is 6.04 Å². The molecule has 0 fully saturated rings. The van der Waals surface area contributed by atoms with Crippen molar-refractivity contribution in [1.82, 2.24) is 0 Å². The predicted octanol–water partition coefficient (Wildman–Crippen LogP) is 1.36. The van der Waals surface area contributed by atoms with Gasteiger partial charge in [-0.1, -0.05) is 42.0 Å². The predicted molar refractivity (Wildman–Crippen MR) is 57.3 cm³/mol. The Hall–Kier alpha value is -1.63. The summed E-state index contributed by atoms with van der Waals surface area (Å²) in [6.45, 7) is 2.12. The SMILES string of the molecule is CC1=C[C@H]2N=c3ccccc3=C2C=C1. The lowest BCUT2D eigenvalue weighted by Crippen LogP contribution is -2.21. The van der Waals surface area contributed by atoms with Gasteiger partial charge >= 0.3 is 0 Å². The topological polar surface area (TPSA) is 12.4 Å². The van der Waals surface area contributed by atoms with Crippen LogP contribution in [0.15, 0.2) is 53.1 Å². The number of hydrogen-bond donors (Lipinski definition) is 0. The fourth-order valence-corrected chi connectivity index (χ4v) is 2.05. The molecule has 0 saturated heterocycles. The summed E-state index contributed by atoms with van der Waals surface area (Å²) in [7, 11) is 0. The maximum atomic E-state index is 4.66. The monoisotopic (exact) mass is 181 g/mol. The molecule has 1 aromatic rings. The van der Waals surface area contributed by atoms with Crippen molar-refractivity contribution in [2.45, 2.75) is 13.0 Å². The minimum atomic E-state index is 0.261. The van der Waals surface area contributed by atoms with Crippen molar-refractivity contribution in [3.05, 3.63) is 58.6 Å². The van der Waals surface area contributed by atoms with Gasteiger partial charge in [0.2, 0.25) is 0 Å². The number of rotatable bonds is 0. The average Bonchev–Trinajstić information content (AvgIpc) is 2.54. The van der Waals surface area contributed by atoms with Crippen molar-refractivity contribution < 1.29 is 0 Å². The van der Waals surface area contributed by atoms with E-state index in [9.17, 15) is 0 Å². The summed E-state index contributed by atoms with van der Waals surface area (Å²) < 4.78 is 0. The van der Waals surface area contributed by atoms with Gasteiger partial charge in [-0.05, 0) is 18.6 Å². The molecule has 3 rings (SSSR count). The fraction of sp³-hybridized carbons (Fsp3) is 0.154. The fourth-order valence-electron chi connectivity index (χ4n) is 2.05. The zero-order valence-corrected chi connectivity index (χ0v) is 8.07. The second kappa shape index (κ2) is 2.68. The van der Waals surface area contributed by atoms with E-state index < -0.39 is 0 Å². The normalized spacial score (nSPS) is 22.5. The highest BCUT2D eigenvalue weighted by atomic mass is 14.8. The van der Waals surface area contributed by atoms with Crippen LogP contribution in [0.3, 0.4) is 0 Å². The third kappa shape index (κ3) is 0.987. The minimum Gasteiger partial charge on any atom is -0.272 e. The molecule has 0 saturated carbocycles. The Morgan fingerprint density at radius 1 is 1.14 bits per heavy atom. The molecule has 1 aromatic carbocycles. The van der Waals surface area contributed by atoms with Crippen LogP contribution in [0.5, 0.6) is 0 Å². The Morgan fingerprint density at radius 2 is 2.00 bits per heavy atom. The van der Waals surface area contributed by atoms with Crippen LogP contribution in [0, 0.1) is 0 Å². The first-order valence-electron chi connectivity index (χ1n) is 4.88. The van der Waals surface area contributed by atoms with Crippen LogP contribution in [0.25, 0.3) is 5.57 Å². The molecule has 1 heterocycles. The van der Waals surface area contributed by atoms with E-state index in [4.69, 9.17) is 0 Å². The zero-order valence-electron chi connectivity index (χ0n) is 8.07. The molecular weight excluding hydrogens is 170 g/mol. The maximum Gasteiger partial charge on any atom is 0.0949 e. The molecule has 0 radical (unpaired) electrons. The van der Waals surface area contributed by atoms with Crippen LogP contribution < -0.4 is 10.6 Å². The summed E-state index contributed by atoms with van der Waals surface area (Å²) in [5.74, 6) is 0. The number of fused-ring (bicyclic) bond motifs is 2. The third-order valence-electron chi connectivity index (χ3n) is 2.76. The summed E-state index contributed by atoms with van der Waals surface area (Å²) in [5.41, 5.74) is 2.64. The first kappa shape index (κ1) is 7.74. The Bertz CT molecular complexity index is 561. The first-order valence-corrected chi connectivity index (χ1v) is 4.88. The van der Waals surface area contributed by atoms with Crippen LogP contribution in [-0.2, 0) is 0 Å². The zero-order chi connectivity index (χ0) is 9.54. The van der Waals surface area contributed by atoms with Crippen molar-refractivity contribution in [2.75, 3.05) is 0 Å². The number of nitrogens with zero attached hydrogens (tertiary/aromatic N) is 1. The van der Waals surface area contributed by atoms with Gasteiger partial charge in [0.05, 0.1) is 11.4 Å². The minimum absolute atomic E-state index is 0.261. The van der Waals surface area contributed by atoms with Crippen molar-refractivity contribution in [3.63, 3.8) is 0 Å². The quantitative estimate of drug-likeness (QED) is 0.573. The van der Waals surface area contributed by atoms with Crippen LogP contribution in [0.1, 0.15) is 6.92 Å². The molecule has 0 N–H and O–H groups in total. The second-order valence-electron chi connectivity index (χ2n) is 3.79. The number of benzene rings is 1. The molecule has 0 spiro atoms. The average molecular weight is 181 g/mol. The standard InChI is InChI=1S/C13H11N/c1-9-6-7-11-10-4-2-3-5-12(10)14-13(11)8-9/h2-8,13H,1H3/t13-/m1/s1. The van der Waals surface area contributed by atoms with Crippen molar-refractivity contribution >= 4 is 5.57 Å². The smallest absolute Gasteiger partial charge is 0.0949 e. The van der Waals surface area contributed by atoms with E-state index in [-0.39, 0.29) is 6.04 Å². The molecule has 1 aliphatic carbocycles. The lowest BCUT2D eigenvalue weighted by Gasteiger charge is -2.10. The molecule has 0 amide bonds. The molecular formula is C13H11N. The van der Waals surface area contributed by atoms with Crippen molar-refractivity contribution in [1.29, 1.82) is 0 Å². The molecule has 0 aromatic heterocycles. The highest BCUT2D eigenvalue weighted by Crippen LogP contribution is 2.19. The molecule has 0 unspecified atom stereocenters. The van der Waals surface area contributed by atoms with Crippen LogP contribution >= 0.6 is 0 Å². The largest absolute Gasteiger partial charge is 0.272 e. The summed E-state index contributed by atoms with van der Waals surface area (Å²) in [4.78, 5) is 4.66. The number of hydrogen-bond acceptors (Lipinski definition) is 1. The van der Waals surface area contributed by atoms with E-state index in [0.29, 0.717) is 0 Å². The van der Waals surface area contributed by atoms with Gasteiger partial charge in [0.1, 0.15) is 0 Å². The lowest BCUT2D eigenvalue weighted by molar-refractivity contribution is 1.01. The molecule has 1 heteroatoms. The van der Waals surface area contributed by atoms with Gasteiger partial charge in [0.25, 0.3) is 0 Å². The summed E-state index contributed by atoms with van der Waals surface area (Å²) >= 11 is 0. The van der Waals surface area contributed by atoms with Crippen molar-refractivity contribution in [3.8, 4) is 0 Å². The summed E-state index contributed by atoms with van der Waals surface area (Å²) in [6.07, 6.45) is 6.56. The maximum absolute atomic E-state index is 4.66. The van der Waals surface area contributed by atoms with E-state index >= 15 is 0 Å². The van der Waals surface area contributed by atoms with Gasteiger partial charge in [-0.25, -0.2) is 0 Å². The molecule has 1 aliphatic heterocycles. The van der Waals surface area contributed by atoms with E-state index in [1.807, 2.05) is 6.07 Å². The van der Waals surface area contributed by atoms with E-state index in [0.717, 1.165) is 5.36 Å². The van der Waals surface area contributed by atoms with E-state index in [1.165, 1.54) is 16.4 Å². The Labute approximate surface area is 82.8 Å². The highest BCUT2D eigenvalue weighted by Gasteiger charge is 2.16. The van der Waals surface area contributed by atoms with Crippen LogP contribution in [0.2, 0.25) is 0 Å². The molecule has 0 bridgehead atoms. The van der Waals surface area contributed by atoms with Crippen LogP contribution in [0.4, 0.5) is 0 Å². The molecule has 1 nitrogen and oxygen atoms in total.